The predicted molar refractivity (Wildman–Crippen MR) is 113 cm³/mol. The van der Waals surface area contributed by atoms with Gasteiger partial charge in [-0.25, -0.2) is 9.59 Å². The van der Waals surface area contributed by atoms with E-state index in [2.05, 4.69) is 5.10 Å². The van der Waals surface area contributed by atoms with Gasteiger partial charge in [-0.3, -0.25) is 4.79 Å². The van der Waals surface area contributed by atoms with Crippen molar-refractivity contribution in [3.63, 3.8) is 0 Å². The summed E-state index contributed by atoms with van der Waals surface area (Å²) in [4.78, 5) is 35.0. The van der Waals surface area contributed by atoms with Crippen LogP contribution in [-0.4, -0.2) is 33.8 Å². The quantitative estimate of drug-likeness (QED) is 0.603. The van der Waals surface area contributed by atoms with Gasteiger partial charge in [0, 0.05) is 5.56 Å². The molecular weight excluding hydrogens is 400 g/mol. The van der Waals surface area contributed by atoms with E-state index in [1.807, 2.05) is 0 Å². The van der Waals surface area contributed by atoms with E-state index in [9.17, 15) is 14.4 Å². The number of carbonyl (C=O) groups excluding carboxylic acids is 1. The van der Waals surface area contributed by atoms with Crippen LogP contribution in [0.1, 0.15) is 33.4 Å². The van der Waals surface area contributed by atoms with Gasteiger partial charge in [0.2, 0.25) is 0 Å². The van der Waals surface area contributed by atoms with Crippen LogP contribution in [0.5, 0.6) is 0 Å². The summed E-state index contributed by atoms with van der Waals surface area (Å²) in [7, 11) is 0. The molecule has 1 amide bonds. The molecule has 1 aliphatic rings. The van der Waals surface area contributed by atoms with E-state index in [1.165, 1.54) is 41.4 Å². The highest BCUT2D eigenvalue weighted by atomic mass is 16.4. The Hall–Kier alpha value is -4.46. The molecule has 2 heterocycles. The van der Waals surface area contributed by atoms with Crippen LogP contribution in [-0.2, 0) is 4.79 Å². The van der Waals surface area contributed by atoms with E-state index in [-0.39, 0.29) is 17.0 Å². The minimum Gasteiger partial charge on any atom is -0.478 e. The van der Waals surface area contributed by atoms with Gasteiger partial charge in [-0.15, -0.1) is 0 Å². The van der Waals surface area contributed by atoms with E-state index in [0.29, 0.717) is 34.1 Å². The highest BCUT2D eigenvalue weighted by molar-refractivity contribution is 6.32. The number of hydrazone groups is 1. The highest BCUT2D eigenvalue weighted by Crippen LogP contribution is 2.28. The molecule has 2 aromatic carbocycles. The van der Waals surface area contributed by atoms with Crippen molar-refractivity contribution < 1.29 is 29.0 Å². The van der Waals surface area contributed by atoms with Crippen molar-refractivity contribution in [3.05, 3.63) is 83.1 Å². The molecule has 0 atom stereocenters. The number of rotatable bonds is 5. The molecule has 154 valence electrons. The molecular formula is C23H16N2O6. The van der Waals surface area contributed by atoms with Crippen LogP contribution in [0.3, 0.4) is 0 Å². The first-order valence-electron chi connectivity index (χ1n) is 9.22. The van der Waals surface area contributed by atoms with E-state index in [4.69, 9.17) is 14.6 Å². The Morgan fingerprint density at radius 2 is 1.68 bits per heavy atom. The van der Waals surface area contributed by atoms with Crippen LogP contribution in [0, 0.1) is 0 Å². The number of anilines is 1. The number of aromatic carboxylic acids is 2. The molecule has 0 unspecified atom stereocenters. The third-order valence-corrected chi connectivity index (χ3v) is 4.73. The molecule has 0 aliphatic carbocycles. The predicted octanol–water partition coefficient (Wildman–Crippen LogP) is 4.15. The normalized spacial score (nSPS) is 14.7. The average molecular weight is 416 g/mol. The average Bonchev–Trinajstić information content (AvgIpc) is 3.34. The molecule has 8 heteroatoms. The first kappa shape index (κ1) is 19.8. The lowest BCUT2D eigenvalue weighted by Crippen LogP contribution is -2.21. The number of furan rings is 1. The zero-order valence-electron chi connectivity index (χ0n) is 16.3. The number of benzene rings is 2. The van der Waals surface area contributed by atoms with Crippen LogP contribution in [0.4, 0.5) is 5.69 Å². The molecule has 2 N–H and O–H groups in total. The molecule has 1 aliphatic heterocycles. The maximum atomic E-state index is 12.9. The van der Waals surface area contributed by atoms with Gasteiger partial charge in [0.05, 0.1) is 28.1 Å². The van der Waals surface area contributed by atoms with E-state index in [0.717, 1.165) is 0 Å². The van der Waals surface area contributed by atoms with Crippen molar-refractivity contribution in [3.8, 4) is 11.3 Å². The maximum absolute atomic E-state index is 12.9. The number of amides is 1. The molecule has 31 heavy (non-hydrogen) atoms. The summed E-state index contributed by atoms with van der Waals surface area (Å²) in [5, 5.41) is 23.6. The molecule has 1 aromatic heterocycles. The lowest BCUT2D eigenvalue weighted by atomic mass is 10.1. The number of carbonyl (C=O) groups is 3. The Morgan fingerprint density at radius 3 is 2.35 bits per heavy atom. The van der Waals surface area contributed by atoms with Gasteiger partial charge in [-0.1, -0.05) is 12.1 Å². The smallest absolute Gasteiger partial charge is 0.335 e. The summed E-state index contributed by atoms with van der Waals surface area (Å²) < 4.78 is 5.79. The standard InChI is InChI=1S/C23H16N2O6/c1-13-19(21(26)25(24-13)17-7-5-14(6-8-17)22(27)28)12-18-9-10-20(31-18)15-3-2-4-16(11-15)23(29)30/h2-12H,1H3,(H,27,28)(H,29,30). The summed E-state index contributed by atoms with van der Waals surface area (Å²) in [6.07, 6.45) is 1.57. The molecule has 3 aromatic rings. The number of hydrogen-bond donors (Lipinski definition) is 2. The number of nitrogens with zero attached hydrogens (tertiary/aromatic N) is 2. The van der Waals surface area contributed by atoms with Crippen LogP contribution in [0.25, 0.3) is 17.4 Å². The second-order valence-electron chi connectivity index (χ2n) is 6.80. The maximum Gasteiger partial charge on any atom is 0.335 e. The van der Waals surface area contributed by atoms with Crippen molar-refractivity contribution in [2.75, 3.05) is 5.01 Å². The second-order valence-corrected chi connectivity index (χ2v) is 6.80. The first-order valence-corrected chi connectivity index (χ1v) is 9.22. The molecule has 4 rings (SSSR count). The van der Waals surface area contributed by atoms with E-state index in [1.54, 1.807) is 37.3 Å². The van der Waals surface area contributed by atoms with Crippen molar-refractivity contribution in [2.45, 2.75) is 6.92 Å². The first-order chi connectivity index (χ1) is 14.8. The fraction of sp³-hybridized carbons (Fsp3) is 0.0435. The molecule has 0 radical (unpaired) electrons. The van der Waals surface area contributed by atoms with Crippen LogP contribution in [0.15, 0.2) is 75.8 Å². The Kier molecular flexibility index (Phi) is 4.96. The Morgan fingerprint density at radius 1 is 0.968 bits per heavy atom. The second kappa shape index (κ2) is 7.75. The molecule has 0 saturated carbocycles. The van der Waals surface area contributed by atoms with Gasteiger partial charge < -0.3 is 14.6 Å². The van der Waals surface area contributed by atoms with Crippen LogP contribution in [0.2, 0.25) is 0 Å². The highest BCUT2D eigenvalue weighted by Gasteiger charge is 2.29. The Balaban J connectivity index is 1.59. The van der Waals surface area contributed by atoms with Crippen molar-refractivity contribution in [1.29, 1.82) is 0 Å². The summed E-state index contributed by atoms with van der Waals surface area (Å²) in [6, 6.07) is 15.6. The van der Waals surface area contributed by atoms with Crippen molar-refractivity contribution in [1.82, 2.24) is 0 Å². The van der Waals surface area contributed by atoms with Gasteiger partial charge in [0.25, 0.3) is 5.91 Å². The minimum atomic E-state index is -1.05. The summed E-state index contributed by atoms with van der Waals surface area (Å²) in [6.45, 7) is 1.69. The topological polar surface area (TPSA) is 120 Å². The van der Waals surface area contributed by atoms with Gasteiger partial charge >= 0.3 is 11.9 Å². The minimum absolute atomic E-state index is 0.113. The number of carboxylic acid groups (broad SMARTS) is 2. The van der Waals surface area contributed by atoms with E-state index >= 15 is 0 Å². The zero-order chi connectivity index (χ0) is 22.1. The number of hydrogen-bond acceptors (Lipinski definition) is 5. The van der Waals surface area contributed by atoms with Gasteiger partial charge in [-0.2, -0.15) is 10.1 Å². The summed E-state index contributed by atoms with van der Waals surface area (Å²) in [5.74, 6) is -1.57. The van der Waals surface area contributed by atoms with Crippen molar-refractivity contribution in [2.24, 2.45) is 5.10 Å². The van der Waals surface area contributed by atoms with Crippen LogP contribution >= 0.6 is 0 Å². The zero-order valence-corrected chi connectivity index (χ0v) is 16.3. The van der Waals surface area contributed by atoms with Gasteiger partial charge in [-0.05, 0) is 61.5 Å². The fourth-order valence-corrected chi connectivity index (χ4v) is 3.14. The summed E-state index contributed by atoms with van der Waals surface area (Å²) in [5.41, 5.74) is 2.13. The van der Waals surface area contributed by atoms with E-state index < -0.39 is 11.9 Å². The molecule has 0 bridgehead atoms. The largest absolute Gasteiger partial charge is 0.478 e. The molecule has 8 nitrogen and oxygen atoms in total. The monoisotopic (exact) mass is 416 g/mol. The fourth-order valence-electron chi connectivity index (χ4n) is 3.14. The Labute approximate surface area is 176 Å². The van der Waals surface area contributed by atoms with Crippen molar-refractivity contribution >= 4 is 35.3 Å². The lowest BCUT2D eigenvalue weighted by molar-refractivity contribution is -0.114. The van der Waals surface area contributed by atoms with Gasteiger partial charge in [0.15, 0.2) is 0 Å². The third kappa shape index (κ3) is 3.86. The number of carboxylic acids is 2. The Bertz CT molecular complexity index is 1270. The molecule has 0 fully saturated rings. The molecule has 0 spiro atoms. The lowest BCUT2D eigenvalue weighted by Gasteiger charge is -2.11. The third-order valence-electron chi connectivity index (χ3n) is 4.73. The van der Waals surface area contributed by atoms with Gasteiger partial charge in [0.1, 0.15) is 11.5 Å². The van der Waals surface area contributed by atoms with Crippen LogP contribution < -0.4 is 5.01 Å². The molecule has 0 saturated heterocycles. The summed E-state index contributed by atoms with van der Waals surface area (Å²) >= 11 is 0. The SMILES string of the molecule is CC1=NN(c2ccc(C(=O)O)cc2)C(=O)C1=Cc1ccc(-c2cccc(C(=O)O)c2)o1.